The third-order valence-electron chi connectivity index (χ3n) is 1.22. The Kier molecular flexibility index (Phi) is 3.93. The third-order valence-corrected chi connectivity index (χ3v) is 2.56. The summed E-state index contributed by atoms with van der Waals surface area (Å²) in [6.07, 6.45) is -4.83. The summed E-state index contributed by atoms with van der Waals surface area (Å²) < 4.78 is 35.8. The fourth-order valence-electron chi connectivity index (χ4n) is 0.577. The van der Waals surface area contributed by atoms with Crippen molar-refractivity contribution in [2.24, 2.45) is 0 Å². The zero-order chi connectivity index (χ0) is 10.8. The Hall–Kier alpha value is -0.551. The van der Waals surface area contributed by atoms with E-state index in [2.05, 4.69) is 15.6 Å². The molecule has 0 radical (unpaired) electrons. The molecule has 0 heterocycles. The van der Waals surface area contributed by atoms with Crippen LogP contribution in [0.3, 0.4) is 0 Å². The second-order valence-electron chi connectivity index (χ2n) is 2.54. The van der Waals surface area contributed by atoms with E-state index in [1.54, 1.807) is 0 Å². The van der Waals surface area contributed by atoms with Crippen LogP contribution in [0.1, 0.15) is 0 Å². The van der Waals surface area contributed by atoms with Crippen molar-refractivity contribution in [3.05, 3.63) is 0 Å². The summed E-state index contributed by atoms with van der Waals surface area (Å²) in [5.41, 5.74) is 0. The number of amides is 1. The van der Waals surface area contributed by atoms with E-state index < -0.39 is 12.1 Å². The summed E-state index contributed by atoms with van der Waals surface area (Å²) in [6, 6.07) is 0. The Morgan fingerprint density at radius 3 is 1.85 bits per heavy atom. The van der Waals surface area contributed by atoms with Gasteiger partial charge in [-0.2, -0.15) is 0 Å². The van der Waals surface area contributed by atoms with Gasteiger partial charge in [-0.25, -0.2) is 0 Å². The third kappa shape index (κ3) is 3.36. The van der Waals surface area contributed by atoms with Gasteiger partial charge in [-0.3, -0.25) is 0 Å². The van der Waals surface area contributed by atoms with Gasteiger partial charge in [-0.15, -0.1) is 0 Å². The Balaban J connectivity index is 4.54. The molecule has 1 amide bonds. The molecule has 0 unspecified atom stereocenters. The van der Waals surface area contributed by atoms with Gasteiger partial charge in [0.05, 0.1) is 0 Å². The number of nitrogens with zero attached hydrogens (tertiary/aromatic N) is 2. The van der Waals surface area contributed by atoms with Gasteiger partial charge < -0.3 is 0 Å². The fraction of sp³-hybridized carbons (Fsp3) is 0.667. The van der Waals surface area contributed by atoms with Gasteiger partial charge in [0.1, 0.15) is 0 Å². The summed E-state index contributed by atoms with van der Waals surface area (Å²) in [5, 5.41) is 0. The van der Waals surface area contributed by atoms with Crippen molar-refractivity contribution in [3.63, 3.8) is 0 Å². The topological polar surface area (TPSA) is 23.6 Å². The first-order valence-electron chi connectivity index (χ1n) is 3.24. The van der Waals surface area contributed by atoms with E-state index in [1.807, 2.05) is 0 Å². The molecule has 13 heavy (non-hydrogen) atoms. The van der Waals surface area contributed by atoms with E-state index in [4.69, 9.17) is 0 Å². The normalized spacial score (nSPS) is 10.9. The first kappa shape index (κ1) is 12.4. The molecule has 0 aliphatic carbocycles. The van der Waals surface area contributed by atoms with E-state index in [-0.39, 0.29) is 4.67 Å². The van der Waals surface area contributed by atoms with Crippen LogP contribution in [0, 0.1) is 0 Å². The van der Waals surface area contributed by atoms with E-state index >= 15 is 0 Å². The van der Waals surface area contributed by atoms with Gasteiger partial charge in [-0.05, 0) is 0 Å². The van der Waals surface area contributed by atoms with E-state index in [9.17, 15) is 18.0 Å². The molecule has 7 heteroatoms. The quantitative estimate of drug-likeness (QED) is 0.644. The number of hydrogen-bond acceptors (Lipinski definition) is 2. The molecule has 0 aromatic carbocycles. The maximum absolute atomic E-state index is 11.9. The molecule has 0 aliphatic heterocycles. The second kappa shape index (κ2) is 4.11. The zero-order valence-electron chi connectivity index (χ0n) is 7.34. The second-order valence-corrected chi connectivity index (χ2v) is 3.31. The molecule has 0 fully saturated rings. The average Bonchev–Trinajstić information content (AvgIpc) is 1.98. The molecule has 3 nitrogen and oxygen atoms in total. The van der Waals surface area contributed by atoms with Gasteiger partial charge in [-0.1, -0.05) is 0 Å². The van der Waals surface area contributed by atoms with E-state index in [0.717, 1.165) is 7.05 Å². The van der Waals surface area contributed by atoms with Crippen molar-refractivity contribution >= 4 is 26.1 Å². The molecule has 0 aliphatic rings. The van der Waals surface area contributed by atoms with Crippen LogP contribution in [-0.2, 0) is 4.79 Å². The molecule has 0 aromatic heterocycles. The zero-order valence-corrected chi connectivity index (χ0v) is 9.06. The standard InChI is InChI=1S/C6H9F3N2OSe/c1-10(2)5(13)11(3)4(12)6(7,8)9/h1-3H3. The van der Waals surface area contributed by atoms with Crippen LogP contribution in [0.2, 0.25) is 0 Å². The monoisotopic (exact) mass is 262 g/mol. The molecule has 0 rings (SSSR count). The van der Waals surface area contributed by atoms with Crippen molar-refractivity contribution in [2.45, 2.75) is 6.18 Å². The van der Waals surface area contributed by atoms with E-state index in [0.29, 0.717) is 4.90 Å². The predicted octanol–water partition coefficient (Wildman–Crippen LogP) is -0.175. The average molecular weight is 261 g/mol. The minimum absolute atomic E-state index is 0.113. The van der Waals surface area contributed by atoms with Crippen molar-refractivity contribution in [1.29, 1.82) is 0 Å². The van der Waals surface area contributed by atoms with Gasteiger partial charge in [0.25, 0.3) is 0 Å². The molecule has 0 atom stereocenters. The maximum atomic E-state index is 11.9. The van der Waals surface area contributed by atoms with Crippen molar-refractivity contribution < 1.29 is 18.0 Å². The minimum atomic E-state index is -4.83. The Morgan fingerprint density at radius 2 is 1.62 bits per heavy atom. The number of halogens is 3. The molecule has 76 valence electrons. The Morgan fingerprint density at radius 1 is 1.23 bits per heavy atom. The van der Waals surface area contributed by atoms with Crippen molar-refractivity contribution in [1.82, 2.24) is 9.80 Å². The molecule has 0 saturated heterocycles. The van der Waals surface area contributed by atoms with Crippen LogP contribution in [0.4, 0.5) is 13.2 Å². The van der Waals surface area contributed by atoms with Gasteiger partial charge >= 0.3 is 81.2 Å². The summed E-state index contributed by atoms with van der Waals surface area (Å²) in [7, 11) is 4.12. The molecular weight excluding hydrogens is 252 g/mol. The summed E-state index contributed by atoms with van der Waals surface area (Å²) >= 11 is 2.38. The van der Waals surface area contributed by atoms with Crippen LogP contribution in [-0.4, -0.2) is 63.3 Å². The van der Waals surface area contributed by atoms with Gasteiger partial charge in [0.2, 0.25) is 0 Å². The van der Waals surface area contributed by atoms with E-state index in [1.165, 1.54) is 19.0 Å². The molecule has 0 aromatic rings. The Bertz CT molecular complexity index is 226. The summed E-state index contributed by atoms with van der Waals surface area (Å²) in [4.78, 5) is 12.5. The predicted molar refractivity (Wildman–Crippen MR) is 43.3 cm³/mol. The number of alkyl halides is 3. The fourth-order valence-corrected chi connectivity index (χ4v) is 0.751. The van der Waals surface area contributed by atoms with Crippen LogP contribution in [0.15, 0.2) is 0 Å². The van der Waals surface area contributed by atoms with Crippen LogP contribution in [0.25, 0.3) is 0 Å². The number of carbonyl (C=O) groups is 1. The van der Waals surface area contributed by atoms with Crippen molar-refractivity contribution in [3.8, 4) is 0 Å². The van der Waals surface area contributed by atoms with Gasteiger partial charge in [0.15, 0.2) is 0 Å². The first-order chi connectivity index (χ1) is 5.68. The molecule has 0 bridgehead atoms. The SMILES string of the molecule is CN(C)C(=[Se])N(C)C(=O)C(F)(F)F. The number of carbonyl (C=O) groups excluding carboxylic acids is 1. The number of hydrogen-bond donors (Lipinski definition) is 0. The molecular formula is C6H9F3N2OSe. The Labute approximate surface area is 81.8 Å². The van der Waals surface area contributed by atoms with Gasteiger partial charge in [0, 0.05) is 0 Å². The van der Waals surface area contributed by atoms with Crippen LogP contribution in [0.5, 0.6) is 0 Å². The molecule has 0 N–H and O–H groups in total. The first-order valence-corrected chi connectivity index (χ1v) is 4.09. The molecule has 0 spiro atoms. The summed E-state index contributed by atoms with van der Waals surface area (Å²) in [6.45, 7) is 0. The van der Waals surface area contributed by atoms with Crippen LogP contribution >= 0.6 is 0 Å². The number of rotatable bonds is 2. The van der Waals surface area contributed by atoms with Crippen molar-refractivity contribution in [2.75, 3.05) is 21.1 Å². The molecule has 0 saturated carbocycles. The summed E-state index contributed by atoms with van der Waals surface area (Å²) in [5.74, 6) is -1.89. The van der Waals surface area contributed by atoms with Crippen LogP contribution < -0.4 is 0 Å².